The number of halogens is 1. The van der Waals surface area contributed by atoms with Crippen LogP contribution in [0.3, 0.4) is 0 Å². The number of ether oxygens (including phenoxy) is 1. The smallest absolute Gasteiger partial charge is 0.341 e. The molecule has 0 radical (unpaired) electrons. The number of nitrogens with zero attached hydrogens (tertiary/aromatic N) is 1. The summed E-state index contributed by atoms with van der Waals surface area (Å²) in [6, 6.07) is 6.65. The number of carbonyl (C=O) groups is 2. The number of hydrogen-bond acceptors (Lipinski definition) is 5. The number of esters is 1. The van der Waals surface area contributed by atoms with Crippen LogP contribution >= 0.6 is 0 Å². The maximum atomic E-state index is 14.2. The number of ketones is 1. The fourth-order valence-electron chi connectivity index (χ4n) is 3.43. The minimum atomic E-state index is -3.87. The first-order chi connectivity index (χ1) is 14.0. The molecule has 0 saturated carbocycles. The fraction of sp³-hybridized carbons (Fsp3) is 0.364. The van der Waals surface area contributed by atoms with E-state index in [4.69, 9.17) is 4.74 Å². The van der Waals surface area contributed by atoms with Gasteiger partial charge in [0.1, 0.15) is 5.82 Å². The van der Waals surface area contributed by atoms with Gasteiger partial charge in [0.2, 0.25) is 15.8 Å². The molecule has 0 amide bonds. The van der Waals surface area contributed by atoms with Crippen LogP contribution in [-0.4, -0.2) is 44.2 Å². The molecular weight excluding hydrogens is 409 g/mol. The highest BCUT2D eigenvalue weighted by Crippen LogP contribution is 2.21. The highest BCUT2D eigenvalue weighted by atomic mass is 32.2. The Morgan fingerprint density at radius 3 is 2.10 bits per heavy atom. The maximum Gasteiger partial charge on any atom is 0.341 e. The van der Waals surface area contributed by atoms with Crippen LogP contribution in [0.4, 0.5) is 4.39 Å². The lowest BCUT2D eigenvalue weighted by molar-refractivity contribution is 0.0469. The normalized spacial score (nSPS) is 11.6. The Hall–Kier alpha value is -2.58. The molecule has 2 aromatic rings. The van der Waals surface area contributed by atoms with Gasteiger partial charge in [0.05, 0.1) is 10.5 Å². The summed E-state index contributed by atoms with van der Waals surface area (Å²) in [6.45, 7) is 8.75. The van der Waals surface area contributed by atoms with Crippen LogP contribution in [0, 0.1) is 26.6 Å². The highest BCUT2D eigenvalue weighted by Gasteiger charge is 2.25. The lowest BCUT2D eigenvalue weighted by Gasteiger charge is -2.18. The number of rotatable bonds is 8. The Balaban J connectivity index is 2.25. The number of aryl methyl sites for hydroxylation is 3. The van der Waals surface area contributed by atoms with Gasteiger partial charge in [-0.2, -0.15) is 4.31 Å². The summed E-state index contributed by atoms with van der Waals surface area (Å²) in [6.07, 6.45) is 0. The summed E-state index contributed by atoms with van der Waals surface area (Å²) >= 11 is 0. The van der Waals surface area contributed by atoms with E-state index in [0.29, 0.717) is 5.56 Å². The molecule has 0 aliphatic heterocycles. The molecule has 0 saturated heterocycles. The minimum absolute atomic E-state index is 0.212. The van der Waals surface area contributed by atoms with Crippen LogP contribution in [0.5, 0.6) is 0 Å². The Kier molecular flexibility index (Phi) is 7.49. The van der Waals surface area contributed by atoms with Gasteiger partial charge < -0.3 is 4.74 Å². The third-order valence-corrected chi connectivity index (χ3v) is 6.84. The van der Waals surface area contributed by atoms with Crippen LogP contribution < -0.4 is 0 Å². The molecule has 2 rings (SSSR count). The van der Waals surface area contributed by atoms with Crippen LogP contribution in [0.25, 0.3) is 0 Å². The van der Waals surface area contributed by atoms with Crippen LogP contribution in [-0.2, 0) is 14.8 Å². The molecule has 0 aliphatic carbocycles. The Labute approximate surface area is 176 Å². The summed E-state index contributed by atoms with van der Waals surface area (Å²) in [7, 11) is -3.87. The van der Waals surface area contributed by atoms with E-state index in [1.807, 2.05) is 19.1 Å². The second-order valence-electron chi connectivity index (χ2n) is 7.00. The van der Waals surface area contributed by atoms with Crippen molar-refractivity contribution in [2.75, 3.05) is 19.7 Å². The largest absolute Gasteiger partial charge is 0.454 e. The average Bonchev–Trinajstić information content (AvgIpc) is 2.66. The lowest BCUT2D eigenvalue weighted by Crippen LogP contribution is -2.30. The molecule has 0 heterocycles. The molecule has 0 N–H and O–H groups in total. The predicted octanol–water partition coefficient (Wildman–Crippen LogP) is 3.82. The Bertz CT molecular complexity index is 1050. The first-order valence-electron chi connectivity index (χ1n) is 9.60. The number of benzene rings is 2. The molecular formula is C22H26FNO5S. The molecule has 8 heteroatoms. The van der Waals surface area contributed by atoms with E-state index in [9.17, 15) is 22.4 Å². The number of sulfonamides is 1. The van der Waals surface area contributed by atoms with Crippen molar-refractivity contribution in [1.29, 1.82) is 0 Å². The molecule has 0 aromatic heterocycles. The van der Waals surface area contributed by atoms with Gasteiger partial charge in [-0.05, 0) is 50.1 Å². The summed E-state index contributed by atoms with van der Waals surface area (Å²) < 4.78 is 45.7. The summed E-state index contributed by atoms with van der Waals surface area (Å²) in [5.41, 5.74) is 2.44. The SMILES string of the molecule is CCN(CC)S(=O)(=O)c1ccc(F)c(C(=O)OCC(=O)c2c(C)cc(C)cc2C)c1. The molecule has 0 bridgehead atoms. The van der Waals surface area contributed by atoms with Crippen molar-refractivity contribution in [2.24, 2.45) is 0 Å². The number of hydrogen-bond donors (Lipinski definition) is 0. The van der Waals surface area contributed by atoms with Gasteiger partial charge in [-0.3, -0.25) is 4.79 Å². The van der Waals surface area contributed by atoms with E-state index in [-0.39, 0.29) is 18.0 Å². The van der Waals surface area contributed by atoms with Crippen molar-refractivity contribution in [2.45, 2.75) is 39.5 Å². The first kappa shape index (κ1) is 23.7. The van der Waals surface area contributed by atoms with E-state index in [1.165, 1.54) is 4.31 Å². The third kappa shape index (κ3) is 4.94. The molecule has 0 fully saturated rings. The second-order valence-corrected chi connectivity index (χ2v) is 8.94. The summed E-state index contributed by atoms with van der Waals surface area (Å²) in [4.78, 5) is 24.7. The number of carbonyl (C=O) groups excluding carboxylic acids is 2. The zero-order chi connectivity index (χ0) is 22.6. The predicted molar refractivity (Wildman–Crippen MR) is 112 cm³/mol. The van der Waals surface area contributed by atoms with Crippen LogP contribution in [0.2, 0.25) is 0 Å². The highest BCUT2D eigenvalue weighted by molar-refractivity contribution is 7.89. The fourth-order valence-corrected chi connectivity index (χ4v) is 4.92. The van der Waals surface area contributed by atoms with Crippen molar-refractivity contribution >= 4 is 21.8 Å². The molecule has 0 unspecified atom stereocenters. The zero-order valence-corrected chi connectivity index (χ0v) is 18.6. The van der Waals surface area contributed by atoms with E-state index >= 15 is 0 Å². The molecule has 6 nitrogen and oxygen atoms in total. The topological polar surface area (TPSA) is 80.8 Å². The van der Waals surface area contributed by atoms with Crippen LogP contribution in [0.15, 0.2) is 35.2 Å². The summed E-state index contributed by atoms with van der Waals surface area (Å²) in [5.74, 6) is -2.43. The van der Waals surface area contributed by atoms with Crippen LogP contribution in [0.1, 0.15) is 51.3 Å². The second kappa shape index (κ2) is 9.49. The molecule has 162 valence electrons. The van der Waals surface area contributed by atoms with Crippen molar-refractivity contribution < 1.29 is 27.1 Å². The molecule has 2 aromatic carbocycles. The van der Waals surface area contributed by atoms with Crippen molar-refractivity contribution in [3.8, 4) is 0 Å². The van der Waals surface area contributed by atoms with Crippen molar-refractivity contribution in [3.05, 3.63) is 64.0 Å². The first-order valence-corrected chi connectivity index (χ1v) is 11.0. The van der Waals surface area contributed by atoms with E-state index in [0.717, 1.165) is 34.9 Å². The number of Topliss-reactive ketones (excluding diaryl/α,β-unsaturated/α-hetero) is 1. The van der Waals surface area contributed by atoms with E-state index in [1.54, 1.807) is 27.7 Å². The lowest BCUT2D eigenvalue weighted by atomic mass is 9.97. The maximum absolute atomic E-state index is 14.2. The zero-order valence-electron chi connectivity index (χ0n) is 17.8. The Morgan fingerprint density at radius 1 is 1.00 bits per heavy atom. The Morgan fingerprint density at radius 2 is 1.57 bits per heavy atom. The quantitative estimate of drug-likeness (QED) is 0.465. The molecule has 0 spiro atoms. The van der Waals surface area contributed by atoms with Crippen molar-refractivity contribution in [1.82, 2.24) is 4.31 Å². The standard InChI is InChI=1S/C22H26FNO5S/c1-6-24(7-2)30(27,28)17-8-9-19(23)18(12-17)22(26)29-13-20(25)21-15(4)10-14(3)11-16(21)5/h8-12H,6-7,13H2,1-5H3. The molecule has 0 atom stereocenters. The van der Waals surface area contributed by atoms with Crippen molar-refractivity contribution in [3.63, 3.8) is 0 Å². The molecule has 30 heavy (non-hydrogen) atoms. The van der Waals surface area contributed by atoms with Gasteiger partial charge in [0.25, 0.3) is 0 Å². The van der Waals surface area contributed by atoms with Gasteiger partial charge in [-0.15, -0.1) is 0 Å². The van der Waals surface area contributed by atoms with Gasteiger partial charge >= 0.3 is 5.97 Å². The third-order valence-electron chi connectivity index (χ3n) is 4.79. The molecule has 0 aliphatic rings. The van der Waals surface area contributed by atoms with E-state index < -0.39 is 39.8 Å². The average molecular weight is 436 g/mol. The minimum Gasteiger partial charge on any atom is -0.454 e. The van der Waals surface area contributed by atoms with Gasteiger partial charge in [0.15, 0.2) is 6.61 Å². The van der Waals surface area contributed by atoms with Gasteiger partial charge in [0, 0.05) is 18.7 Å². The van der Waals surface area contributed by atoms with E-state index in [2.05, 4.69) is 0 Å². The van der Waals surface area contributed by atoms with Gasteiger partial charge in [-0.1, -0.05) is 31.5 Å². The monoisotopic (exact) mass is 435 g/mol. The van der Waals surface area contributed by atoms with Gasteiger partial charge in [-0.25, -0.2) is 17.6 Å². The summed E-state index contributed by atoms with van der Waals surface area (Å²) in [5, 5.41) is 0.